The van der Waals surface area contributed by atoms with Crippen LogP contribution < -0.4 is 10.5 Å². The maximum atomic E-state index is 13.5. The van der Waals surface area contributed by atoms with Crippen LogP contribution in [0.15, 0.2) is 35.1 Å². The van der Waals surface area contributed by atoms with Gasteiger partial charge in [-0.15, -0.1) is 0 Å². The Hall–Kier alpha value is -3.19. The lowest BCUT2D eigenvalue weighted by Crippen LogP contribution is -2.59. The van der Waals surface area contributed by atoms with Crippen molar-refractivity contribution in [2.24, 2.45) is 5.41 Å². The number of benzene rings is 2. The van der Waals surface area contributed by atoms with Gasteiger partial charge in [-0.05, 0) is 42.0 Å². The summed E-state index contributed by atoms with van der Waals surface area (Å²) in [6.07, 6.45) is -3.31. The van der Waals surface area contributed by atoms with Crippen molar-refractivity contribution in [3.63, 3.8) is 0 Å². The normalized spacial score (nSPS) is 18.0. The largest absolute Gasteiger partial charge is 0.416 e. The number of hydrogen-bond donors (Lipinski definition) is 0. The van der Waals surface area contributed by atoms with Gasteiger partial charge >= 0.3 is 6.18 Å². The molecule has 0 unspecified atom stereocenters. The molecule has 7 nitrogen and oxygen atoms in total. The molecule has 36 heavy (non-hydrogen) atoms. The zero-order valence-corrected chi connectivity index (χ0v) is 19.5. The number of nitro benzene ring substituents is 1. The van der Waals surface area contributed by atoms with Crippen molar-refractivity contribution in [3.8, 4) is 0 Å². The van der Waals surface area contributed by atoms with E-state index in [9.17, 15) is 36.9 Å². The van der Waals surface area contributed by atoms with E-state index in [1.165, 1.54) is 6.07 Å². The van der Waals surface area contributed by atoms with Gasteiger partial charge in [0.1, 0.15) is 4.70 Å². The predicted molar refractivity (Wildman–Crippen MR) is 123 cm³/mol. The molecular weight excluding hydrogens is 507 g/mol. The Balaban J connectivity index is 1.30. The van der Waals surface area contributed by atoms with Crippen LogP contribution in [0.1, 0.15) is 24.0 Å². The molecule has 3 heterocycles. The zero-order valence-electron chi connectivity index (χ0n) is 18.6. The number of nitrogens with zero attached hydrogens (tertiary/aromatic N) is 4. The number of likely N-dealkylation sites (tertiary alicyclic amines) is 1. The number of non-ortho nitro benzene ring substituents is 1. The monoisotopic (exact) mass is 526 g/mol. The van der Waals surface area contributed by atoms with E-state index >= 15 is 0 Å². The Kier molecular flexibility index (Phi) is 5.94. The number of hydrogen-bond acceptors (Lipinski definition) is 7. The molecule has 3 aromatic rings. The van der Waals surface area contributed by atoms with Crippen molar-refractivity contribution >= 4 is 32.2 Å². The molecule has 1 spiro atoms. The second kappa shape index (κ2) is 8.73. The molecule has 190 valence electrons. The van der Waals surface area contributed by atoms with Gasteiger partial charge in [0.15, 0.2) is 16.8 Å². The SMILES string of the molecule is O=c1nc(N2CCC3(CC2)CN(Cc2ccc(F)c(F)c2)C3)sc2c([N+](=O)[O-])cc(C(F)(F)F)cc12. The van der Waals surface area contributed by atoms with E-state index < -0.39 is 44.9 Å². The van der Waals surface area contributed by atoms with Gasteiger partial charge in [-0.2, -0.15) is 18.2 Å². The van der Waals surface area contributed by atoms with E-state index in [-0.39, 0.29) is 15.2 Å². The highest BCUT2D eigenvalue weighted by atomic mass is 32.1. The molecule has 0 bridgehead atoms. The van der Waals surface area contributed by atoms with Crippen LogP contribution in [0.25, 0.3) is 10.1 Å². The molecule has 2 fully saturated rings. The van der Waals surface area contributed by atoms with E-state index in [1.807, 2.05) is 4.90 Å². The average Bonchev–Trinajstić information content (AvgIpc) is 2.79. The third-order valence-corrected chi connectivity index (χ3v) is 7.98. The number of fused-ring (bicyclic) bond motifs is 1. The smallest absolute Gasteiger partial charge is 0.348 e. The van der Waals surface area contributed by atoms with Crippen LogP contribution in [-0.4, -0.2) is 41.0 Å². The van der Waals surface area contributed by atoms with Crippen LogP contribution in [0.3, 0.4) is 0 Å². The molecular formula is C23H19F5N4O3S. The van der Waals surface area contributed by atoms with Gasteiger partial charge in [0.2, 0.25) is 0 Å². The molecule has 13 heteroatoms. The van der Waals surface area contributed by atoms with Gasteiger partial charge in [0.25, 0.3) is 11.2 Å². The summed E-state index contributed by atoms with van der Waals surface area (Å²) in [6.45, 7) is 3.10. The van der Waals surface area contributed by atoms with Gasteiger partial charge in [0, 0.05) is 38.8 Å². The first-order valence-electron chi connectivity index (χ1n) is 11.1. The molecule has 0 amide bonds. The highest BCUT2D eigenvalue weighted by Gasteiger charge is 2.45. The molecule has 0 N–H and O–H groups in total. The number of rotatable bonds is 4. The van der Waals surface area contributed by atoms with Crippen LogP contribution in [-0.2, 0) is 12.7 Å². The molecule has 5 rings (SSSR count). The quantitative estimate of drug-likeness (QED) is 0.272. The maximum absolute atomic E-state index is 13.5. The van der Waals surface area contributed by atoms with Crippen LogP contribution in [0.4, 0.5) is 32.8 Å². The summed E-state index contributed by atoms with van der Waals surface area (Å²) >= 11 is 0.842. The summed E-state index contributed by atoms with van der Waals surface area (Å²) in [5.74, 6) is -1.77. The number of piperidine rings is 1. The second-order valence-electron chi connectivity index (χ2n) is 9.31. The topological polar surface area (TPSA) is 79.6 Å². The average molecular weight is 526 g/mol. The van der Waals surface area contributed by atoms with Crippen LogP contribution in [0, 0.1) is 27.2 Å². The number of nitro groups is 1. The first-order valence-corrected chi connectivity index (χ1v) is 11.9. The molecule has 2 saturated heterocycles. The predicted octanol–water partition coefficient (Wildman–Crippen LogP) is 4.96. The van der Waals surface area contributed by atoms with Crippen molar-refractivity contribution < 1.29 is 26.9 Å². The van der Waals surface area contributed by atoms with Gasteiger partial charge in [-0.1, -0.05) is 17.4 Å². The highest BCUT2D eigenvalue weighted by Crippen LogP contribution is 2.43. The van der Waals surface area contributed by atoms with E-state index in [0.29, 0.717) is 37.3 Å². The maximum Gasteiger partial charge on any atom is 0.416 e. The van der Waals surface area contributed by atoms with E-state index in [2.05, 4.69) is 9.88 Å². The lowest BCUT2D eigenvalue weighted by molar-refractivity contribution is -0.383. The zero-order chi connectivity index (χ0) is 25.8. The van der Waals surface area contributed by atoms with Crippen LogP contribution in [0.5, 0.6) is 0 Å². The summed E-state index contributed by atoms with van der Waals surface area (Å²) in [6, 6.07) is 4.90. The standard InChI is InChI=1S/C23H19F5N4O3S/c24-16-2-1-13(7-17(16)25)10-30-11-22(12-30)3-5-31(6-4-22)21-29-20(33)15-8-14(23(26,27)28)9-18(32(34)35)19(15)36-21/h1-2,7-9H,3-6,10-12H2. The van der Waals surface area contributed by atoms with Gasteiger partial charge < -0.3 is 4.90 Å². The molecule has 0 atom stereocenters. The second-order valence-corrected chi connectivity index (χ2v) is 10.3. The fraction of sp³-hybridized carbons (Fsp3) is 0.391. The molecule has 2 aromatic carbocycles. The molecule has 0 aliphatic carbocycles. The van der Waals surface area contributed by atoms with Crippen LogP contribution >= 0.6 is 11.3 Å². The van der Waals surface area contributed by atoms with Gasteiger partial charge in [-0.25, -0.2) is 8.78 Å². The summed E-state index contributed by atoms with van der Waals surface area (Å²) in [7, 11) is 0. The van der Waals surface area contributed by atoms with Gasteiger partial charge in [-0.3, -0.25) is 19.8 Å². The van der Waals surface area contributed by atoms with E-state index in [0.717, 1.165) is 43.3 Å². The molecule has 1 aromatic heterocycles. The fourth-order valence-electron chi connectivity index (χ4n) is 4.97. The number of aromatic nitrogens is 1. The van der Waals surface area contributed by atoms with Gasteiger partial charge in [0.05, 0.1) is 15.9 Å². The summed E-state index contributed by atoms with van der Waals surface area (Å²) < 4.78 is 66.0. The minimum Gasteiger partial charge on any atom is -0.348 e. The third-order valence-electron chi connectivity index (χ3n) is 6.82. The first-order chi connectivity index (χ1) is 16.9. The summed E-state index contributed by atoms with van der Waals surface area (Å²) in [5, 5.41) is 11.3. The molecule has 2 aliphatic heterocycles. The Morgan fingerprint density at radius 3 is 2.39 bits per heavy atom. The number of alkyl halides is 3. The summed E-state index contributed by atoms with van der Waals surface area (Å²) in [4.78, 5) is 31.1. The van der Waals surface area contributed by atoms with Crippen molar-refractivity contribution in [1.29, 1.82) is 0 Å². The van der Waals surface area contributed by atoms with Crippen molar-refractivity contribution in [1.82, 2.24) is 9.88 Å². The lowest BCUT2D eigenvalue weighted by atomic mass is 9.72. The molecule has 2 aliphatic rings. The summed E-state index contributed by atoms with van der Waals surface area (Å²) in [5.41, 5.74) is -2.26. The number of anilines is 1. The Morgan fingerprint density at radius 2 is 1.78 bits per heavy atom. The Labute approximate surface area is 204 Å². The third kappa shape index (κ3) is 4.52. The van der Waals surface area contributed by atoms with Crippen molar-refractivity contribution in [2.45, 2.75) is 25.6 Å². The van der Waals surface area contributed by atoms with E-state index in [4.69, 9.17) is 0 Å². The Morgan fingerprint density at radius 1 is 1.08 bits per heavy atom. The first kappa shape index (κ1) is 24.5. The van der Waals surface area contributed by atoms with E-state index in [1.54, 1.807) is 6.07 Å². The van der Waals surface area contributed by atoms with Crippen molar-refractivity contribution in [3.05, 3.63) is 73.6 Å². The highest BCUT2D eigenvalue weighted by molar-refractivity contribution is 7.22. The lowest BCUT2D eigenvalue weighted by Gasteiger charge is -2.54. The van der Waals surface area contributed by atoms with Crippen molar-refractivity contribution in [2.75, 3.05) is 31.1 Å². The Bertz CT molecular complexity index is 1410. The molecule has 0 radical (unpaired) electrons. The minimum absolute atomic E-state index is 0.0322. The molecule has 0 saturated carbocycles. The minimum atomic E-state index is -4.84. The number of halogens is 5. The van der Waals surface area contributed by atoms with Crippen LogP contribution in [0.2, 0.25) is 0 Å². The fourth-order valence-corrected chi connectivity index (χ4v) is 6.09.